The maximum absolute atomic E-state index is 11.5. The first kappa shape index (κ1) is 20.8. The second-order valence-electron chi connectivity index (χ2n) is 7.16. The molecule has 148 valence electrons. The van der Waals surface area contributed by atoms with Crippen molar-refractivity contribution in [2.75, 3.05) is 12.3 Å². The van der Waals surface area contributed by atoms with Gasteiger partial charge in [-0.15, -0.1) is 0 Å². The Balaban J connectivity index is 1.89. The molecule has 0 aliphatic rings. The SMILES string of the molecule is CC(C)(C)N(CCSc1nc(-c2ccc(Cl)cc2Cl)cc2nccn12)C(=O)O. The average molecular weight is 439 g/mol. The molecule has 0 unspecified atom stereocenters. The first-order valence-electron chi connectivity index (χ1n) is 8.60. The van der Waals surface area contributed by atoms with Crippen molar-refractivity contribution in [2.45, 2.75) is 31.5 Å². The number of hydrogen-bond acceptors (Lipinski definition) is 4. The summed E-state index contributed by atoms with van der Waals surface area (Å²) in [6.07, 6.45) is 2.60. The van der Waals surface area contributed by atoms with E-state index in [4.69, 9.17) is 28.2 Å². The van der Waals surface area contributed by atoms with Gasteiger partial charge < -0.3 is 10.0 Å². The molecule has 6 nitrogen and oxygen atoms in total. The average Bonchev–Trinajstić information content (AvgIpc) is 3.05. The molecule has 0 atom stereocenters. The lowest BCUT2D eigenvalue weighted by atomic mass is 10.1. The van der Waals surface area contributed by atoms with Crippen molar-refractivity contribution in [1.29, 1.82) is 0 Å². The maximum atomic E-state index is 11.5. The predicted molar refractivity (Wildman–Crippen MR) is 114 cm³/mol. The van der Waals surface area contributed by atoms with E-state index >= 15 is 0 Å². The lowest BCUT2D eigenvalue weighted by Gasteiger charge is -2.33. The molecule has 2 heterocycles. The van der Waals surface area contributed by atoms with Gasteiger partial charge in [0.25, 0.3) is 0 Å². The fraction of sp³-hybridized carbons (Fsp3) is 0.316. The second-order valence-corrected chi connectivity index (χ2v) is 9.06. The van der Waals surface area contributed by atoms with Crippen LogP contribution in [0.5, 0.6) is 0 Å². The first-order chi connectivity index (χ1) is 13.2. The van der Waals surface area contributed by atoms with E-state index < -0.39 is 11.6 Å². The van der Waals surface area contributed by atoms with Gasteiger partial charge in [-0.2, -0.15) is 0 Å². The highest BCUT2D eigenvalue weighted by atomic mass is 35.5. The minimum absolute atomic E-state index is 0.382. The number of carboxylic acid groups (broad SMARTS) is 1. The van der Waals surface area contributed by atoms with E-state index in [9.17, 15) is 9.90 Å². The molecule has 2 aromatic heterocycles. The van der Waals surface area contributed by atoms with Crippen LogP contribution in [0.25, 0.3) is 16.9 Å². The Morgan fingerprint density at radius 2 is 2.04 bits per heavy atom. The Kier molecular flexibility index (Phi) is 6.07. The molecule has 3 rings (SSSR count). The van der Waals surface area contributed by atoms with Gasteiger partial charge in [-0.25, -0.2) is 14.8 Å². The summed E-state index contributed by atoms with van der Waals surface area (Å²) in [5, 5.41) is 11.2. The molecule has 0 saturated heterocycles. The molecular weight excluding hydrogens is 419 g/mol. The van der Waals surface area contributed by atoms with E-state index in [-0.39, 0.29) is 0 Å². The maximum Gasteiger partial charge on any atom is 0.407 e. The predicted octanol–water partition coefficient (Wildman–Crippen LogP) is 5.57. The first-order valence-corrected chi connectivity index (χ1v) is 10.3. The summed E-state index contributed by atoms with van der Waals surface area (Å²) in [4.78, 5) is 22.0. The molecule has 9 heteroatoms. The van der Waals surface area contributed by atoms with Crippen LogP contribution in [0.15, 0.2) is 41.8 Å². The zero-order valence-corrected chi connectivity index (χ0v) is 18.0. The Hall–Kier alpha value is -1.96. The van der Waals surface area contributed by atoms with Crippen LogP contribution in [0.3, 0.4) is 0 Å². The lowest BCUT2D eigenvalue weighted by Crippen LogP contribution is -2.46. The number of amides is 1. The third kappa shape index (κ3) is 4.54. The molecule has 0 aliphatic carbocycles. The van der Waals surface area contributed by atoms with Crippen LogP contribution in [0, 0.1) is 0 Å². The number of fused-ring (bicyclic) bond motifs is 1. The van der Waals surface area contributed by atoms with Crippen LogP contribution in [0.1, 0.15) is 20.8 Å². The van der Waals surface area contributed by atoms with Crippen LogP contribution in [-0.4, -0.2) is 48.3 Å². The monoisotopic (exact) mass is 438 g/mol. The third-order valence-corrected chi connectivity index (χ3v) is 5.63. The zero-order chi connectivity index (χ0) is 20.5. The smallest absolute Gasteiger partial charge is 0.407 e. The van der Waals surface area contributed by atoms with Gasteiger partial charge in [0.05, 0.1) is 10.7 Å². The van der Waals surface area contributed by atoms with Crippen LogP contribution < -0.4 is 0 Å². The largest absolute Gasteiger partial charge is 0.465 e. The van der Waals surface area contributed by atoms with E-state index in [2.05, 4.69) is 4.98 Å². The van der Waals surface area contributed by atoms with Crippen molar-refractivity contribution in [3.05, 3.63) is 46.7 Å². The number of hydrogen-bond donors (Lipinski definition) is 1. The Labute approximate surface area is 177 Å². The number of halogens is 2. The van der Waals surface area contributed by atoms with Crippen LogP contribution in [0.4, 0.5) is 4.79 Å². The normalized spacial score (nSPS) is 11.8. The molecule has 0 bridgehead atoms. The Morgan fingerprint density at radius 3 is 2.68 bits per heavy atom. The fourth-order valence-electron chi connectivity index (χ4n) is 2.78. The van der Waals surface area contributed by atoms with E-state index in [1.165, 1.54) is 16.7 Å². The van der Waals surface area contributed by atoms with Crippen molar-refractivity contribution in [1.82, 2.24) is 19.3 Å². The van der Waals surface area contributed by atoms with Gasteiger partial charge >= 0.3 is 6.09 Å². The molecule has 28 heavy (non-hydrogen) atoms. The number of rotatable bonds is 5. The molecule has 0 fully saturated rings. The standard InChI is InChI=1S/C19H20Cl2N4O2S/c1-19(2,3)25(18(26)27)8-9-28-17-23-15(11-16-22-6-7-24(16)17)13-5-4-12(20)10-14(13)21/h4-7,10-11H,8-9H2,1-3H3,(H,26,27). The Morgan fingerprint density at radius 1 is 1.29 bits per heavy atom. The van der Waals surface area contributed by atoms with Crippen molar-refractivity contribution < 1.29 is 9.90 Å². The highest BCUT2D eigenvalue weighted by Gasteiger charge is 2.25. The molecule has 1 amide bonds. The molecular formula is C19H20Cl2N4O2S. The highest BCUT2D eigenvalue weighted by molar-refractivity contribution is 7.99. The molecule has 0 radical (unpaired) electrons. The van der Waals surface area contributed by atoms with E-state index in [0.29, 0.717) is 28.0 Å². The molecule has 0 spiro atoms. The number of carbonyl (C=O) groups is 1. The fourth-order valence-corrected chi connectivity index (χ4v) is 4.20. The summed E-state index contributed by atoms with van der Waals surface area (Å²) in [6, 6.07) is 7.13. The molecule has 0 saturated carbocycles. The van der Waals surface area contributed by atoms with Gasteiger partial charge in [-0.1, -0.05) is 35.0 Å². The molecule has 1 N–H and O–H groups in total. The minimum atomic E-state index is -0.935. The Bertz CT molecular complexity index is 1020. The summed E-state index contributed by atoms with van der Waals surface area (Å²) in [6.45, 7) is 6.01. The van der Waals surface area contributed by atoms with Crippen molar-refractivity contribution in [2.24, 2.45) is 0 Å². The summed E-state index contributed by atoms with van der Waals surface area (Å²) in [5.41, 5.74) is 1.72. The number of benzene rings is 1. The minimum Gasteiger partial charge on any atom is -0.465 e. The van der Waals surface area contributed by atoms with Crippen molar-refractivity contribution >= 4 is 46.7 Å². The quantitative estimate of drug-likeness (QED) is 0.416. The zero-order valence-electron chi connectivity index (χ0n) is 15.7. The van der Waals surface area contributed by atoms with Gasteiger partial charge in [-0.3, -0.25) is 4.40 Å². The lowest BCUT2D eigenvalue weighted by molar-refractivity contribution is 0.105. The molecule has 1 aromatic carbocycles. The van der Waals surface area contributed by atoms with Crippen molar-refractivity contribution in [3.63, 3.8) is 0 Å². The van der Waals surface area contributed by atoms with Gasteiger partial charge in [0.2, 0.25) is 0 Å². The van der Waals surface area contributed by atoms with E-state index in [1.54, 1.807) is 18.3 Å². The van der Waals surface area contributed by atoms with Crippen LogP contribution in [0.2, 0.25) is 10.0 Å². The summed E-state index contributed by atoms with van der Waals surface area (Å²) in [5.74, 6) is 0.557. The third-order valence-electron chi connectivity index (χ3n) is 4.15. The van der Waals surface area contributed by atoms with Gasteiger partial charge in [0.1, 0.15) is 5.65 Å². The van der Waals surface area contributed by atoms with Gasteiger partial charge in [0, 0.05) is 46.9 Å². The number of imidazole rings is 1. The summed E-state index contributed by atoms with van der Waals surface area (Å²) < 4.78 is 1.88. The van der Waals surface area contributed by atoms with E-state index in [1.807, 2.05) is 43.5 Å². The van der Waals surface area contributed by atoms with E-state index in [0.717, 1.165) is 16.4 Å². The van der Waals surface area contributed by atoms with Crippen LogP contribution >= 0.6 is 35.0 Å². The van der Waals surface area contributed by atoms with Crippen molar-refractivity contribution in [3.8, 4) is 11.3 Å². The summed E-state index contributed by atoms with van der Waals surface area (Å²) >= 11 is 13.8. The highest BCUT2D eigenvalue weighted by Crippen LogP contribution is 2.31. The summed E-state index contributed by atoms with van der Waals surface area (Å²) in [7, 11) is 0. The number of thioether (sulfide) groups is 1. The van der Waals surface area contributed by atoms with Crippen LogP contribution in [-0.2, 0) is 0 Å². The van der Waals surface area contributed by atoms with Gasteiger partial charge in [0.15, 0.2) is 5.16 Å². The topological polar surface area (TPSA) is 70.7 Å². The molecule has 0 aliphatic heterocycles. The number of nitrogens with zero attached hydrogens (tertiary/aromatic N) is 4. The molecule has 3 aromatic rings. The second kappa shape index (κ2) is 8.19. The van der Waals surface area contributed by atoms with Gasteiger partial charge in [-0.05, 0) is 39.0 Å². The number of aromatic nitrogens is 3.